The van der Waals surface area contributed by atoms with Crippen LogP contribution in [0.3, 0.4) is 0 Å². The number of aryl methyl sites for hydroxylation is 2. The van der Waals surface area contributed by atoms with Gasteiger partial charge in [-0.05, 0) is 44.4 Å². The molecule has 2 unspecified atom stereocenters. The van der Waals surface area contributed by atoms with Gasteiger partial charge in [-0.15, -0.1) is 0 Å². The number of rotatable bonds is 2. The van der Waals surface area contributed by atoms with Gasteiger partial charge < -0.3 is 10.4 Å². The Morgan fingerprint density at radius 3 is 2.88 bits per heavy atom. The Hall–Kier alpha value is -0.860. The fraction of sp³-hybridized carbons (Fsp3) is 0.571. The maximum Gasteiger partial charge on any atom is 0.0595 e. The van der Waals surface area contributed by atoms with Crippen LogP contribution < -0.4 is 5.32 Å². The van der Waals surface area contributed by atoms with E-state index in [1.807, 2.05) is 0 Å². The molecule has 1 aliphatic heterocycles. The molecule has 1 saturated heterocycles. The van der Waals surface area contributed by atoms with E-state index in [-0.39, 0.29) is 6.10 Å². The molecule has 1 aromatic carbocycles. The first kappa shape index (κ1) is 11.6. The number of aliphatic hydroxyl groups is 1. The third-order valence-electron chi connectivity index (χ3n) is 3.55. The van der Waals surface area contributed by atoms with Gasteiger partial charge in [0.1, 0.15) is 0 Å². The van der Waals surface area contributed by atoms with Crippen molar-refractivity contribution in [3.8, 4) is 0 Å². The van der Waals surface area contributed by atoms with E-state index in [0.717, 1.165) is 25.9 Å². The number of hydrogen-bond acceptors (Lipinski definition) is 2. The normalized spacial score (nSPS) is 25.7. The first-order valence-corrected chi connectivity index (χ1v) is 6.11. The molecule has 1 heterocycles. The van der Waals surface area contributed by atoms with Crippen molar-refractivity contribution in [3.63, 3.8) is 0 Å². The molecular formula is C14H21NO. The summed E-state index contributed by atoms with van der Waals surface area (Å²) in [7, 11) is 0. The van der Waals surface area contributed by atoms with Crippen molar-refractivity contribution in [2.45, 2.75) is 32.8 Å². The van der Waals surface area contributed by atoms with Crippen LogP contribution in [0.25, 0.3) is 0 Å². The number of aliphatic hydroxyl groups excluding tert-OH is 1. The Labute approximate surface area is 97.7 Å². The SMILES string of the molecule is Cc1ccc(CC2CNCCC2O)c(C)c1. The molecule has 0 spiro atoms. The third kappa shape index (κ3) is 2.63. The molecule has 0 bridgehead atoms. The summed E-state index contributed by atoms with van der Waals surface area (Å²) in [5.74, 6) is 0.371. The molecule has 88 valence electrons. The van der Waals surface area contributed by atoms with Crippen LogP contribution >= 0.6 is 0 Å². The van der Waals surface area contributed by atoms with Crippen molar-refractivity contribution in [1.82, 2.24) is 5.32 Å². The molecule has 0 saturated carbocycles. The lowest BCUT2D eigenvalue weighted by atomic mass is 9.88. The lowest BCUT2D eigenvalue weighted by Crippen LogP contribution is -2.40. The van der Waals surface area contributed by atoms with E-state index >= 15 is 0 Å². The average Bonchev–Trinajstić information content (AvgIpc) is 2.25. The largest absolute Gasteiger partial charge is 0.393 e. The fourth-order valence-corrected chi connectivity index (χ4v) is 2.47. The summed E-state index contributed by atoms with van der Waals surface area (Å²) in [4.78, 5) is 0. The van der Waals surface area contributed by atoms with Gasteiger partial charge in [0.2, 0.25) is 0 Å². The Kier molecular flexibility index (Phi) is 3.62. The molecule has 2 N–H and O–H groups in total. The zero-order chi connectivity index (χ0) is 11.5. The quantitative estimate of drug-likeness (QED) is 0.795. The molecule has 0 radical (unpaired) electrons. The average molecular weight is 219 g/mol. The highest BCUT2D eigenvalue weighted by molar-refractivity contribution is 5.30. The molecule has 2 rings (SSSR count). The number of hydrogen-bond donors (Lipinski definition) is 2. The Morgan fingerprint density at radius 2 is 2.19 bits per heavy atom. The number of benzene rings is 1. The highest BCUT2D eigenvalue weighted by atomic mass is 16.3. The molecule has 0 amide bonds. The molecular weight excluding hydrogens is 198 g/mol. The van der Waals surface area contributed by atoms with E-state index in [4.69, 9.17) is 0 Å². The lowest BCUT2D eigenvalue weighted by Gasteiger charge is -2.28. The van der Waals surface area contributed by atoms with E-state index in [1.54, 1.807) is 0 Å². The smallest absolute Gasteiger partial charge is 0.0595 e. The summed E-state index contributed by atoms with van der Waals surface area (Å²) in [6.07, 6.45) is 1.73. The van der Waals surface area contributed by atoms with Crippen LogP contribution in [0.1, 0.15) is 23.1 Å². The monoisotopic (exact) mass is 219 g/mol. The van der Waals surface area contributed by atoms with E-state index in [2.05, 4.69) is 37.4 Å². The van der Waals surface area contributed by atoms with Gasteiger partial charge >= 0.3 is 0 Å². The minimum Gasteiger partial charge on any atom is -0.393 e. The molecule has 0 aliphatic carbocycles. The molecule has 1 aromatic rings. The second kappa shape index (κ2) is 4.98. The first-order valence-electron chi connectivity index (χ1n) is 6.11. The maximum atomic E-state index is 9.94. The van der Waals surface area contributed by atoms with Gasteiger partial charge in [-0.1, -0.05) is 23.8 Å². The van der Waals surface area contributed by atoms with Gasteiger partial charge in [-0.3, -0.25) is 0 Å². The minimum absolute atomic E-state index is 0.137. The molecule has 16 heavy (non-hydrogen) atoms. The van der Waals surface area contributed by atoms with E-state index in [1.165, 1.54) is 16.7 Å². The predicted molar refractivity (Wildman–Crippen MR) is 66.6 cm³/mol. The zero-order valence-electron chi connectivity index (χ0n) is 10.2. The molecule has 1 fully saturated rings. The van der Waals surface area contributed by atoms with E-state index in [9.17, 15) is 5.11 Å². The van der Waals surface area contributed by atoms with Gasteiger partial charge in [0, 0.05) is 12.5 Å². The van der Waals surface area contributed by atoms with Crippen molar-refractivity contribution in [3.05, 3.63) is 34.9 Å². The zero-order valence-corrected chi connectivity index (χ0v) is 10.2. The van der Waals surface area contributed by atoms with Gasteiger partial charge in [0.25, 0.3) is 0 Å². The standard InChI is InChI=1S/C14H21NO/c1-10-3-4-12(11(2)7-10)8-13-9-15-6-5-14(13)16/h3-4,7,13-16H,5-6,8-9H2,1-2H3. The summed E-state index contributed by atoms with van der Waals surface area (Å²) in [6, 6.07) is 6.58. The predicted octanol–water partition coefficient (Wildman–Crippen LogP) is 1.82. The highest BCUT2D eigenvalue weighted by Crippen LogP contribution is 2.20. The molecule has 0 aromatic heterocycles. The summed E-state index contributed by atoms with van der Waals surface area (Å²) >= 11 is 0. The van der Waals surface area contributed by atoms with Crippen LogP contribution in [0.15, 0.2) is 18.2 Å². The van der Waals surface area contributed by atoms with Crippen molar-refractivity contribution < 1.29 is 5.11 Å². The molecule has 1 aliphatic rings. The van der Waals surface area contributed by atoms with Crippen LogP contribution in [0.2, 0.25) is 0 Å². The van der Waals surface area contributed by atoms with E-state index < -0.39 is 0 Å². The summed E-state index contributed by atoms with van der Waals surface area (Å²) in [5, 5.41) is 13.3. The van der Waals surface area contributed by atoms with Gasteiger partial charge in [-0.2, -0.15) is 0 Å². The Morgan fingerprint density at radius 1 is 1.38 bits per heavy atom. The minimum atomic E-state index is -0.137. The van der Waals surface area contributed by atoms with E-state index in [0.29, 0.717) is 5.92 Å². The van der Waals surface area contributed by atoms with Crippen molar-refractivity contribution >= 4 is 0 Å². The second-order valence-electron chi connectivity index (χ2n) is 4.95. The van der Waals surface area contributed by atoms with Crippen molar-refractivity contribution in [2.75, 3.05) is 13.1 Å². The van der Waals surface area contributed by atoms with Gasteiger partial charge in [0.15, 0.2) is 0 Å². The van der Waals surface area contributed by atoms with Crippen LogP contribution in [0.4, 0.5) is 0 Å². The number of piperidine rings is 1. The van der Waals surface area contributed by atoms with Crippen LogP contribution in [-0.4, -0.2) is 24.3 Å². The highest BCUT2D eigenvalue weighted by Gasteiger charge is 2.23. The third-order valence-corrected chi connectivity index (χ3v) is 3.55. The van der Waals surface area contributed by atoms with Gasteiger partial charge in [0.05, 0.1) is 6.10 Å². The molecule has 2 nitrogen and oxygen atoms in total. The topological polar surface area (TPSA) is 32.3 Å². The second-order valence-corrected chi connectivity index (χ2v) is 4.95. The fourth-order valence-electron chi connectivity index (χ4n) is 2.47. The summed E-state index contributed by atoms with van der Waals surface area (Å²) < 4.78 is 0. The van der Waals surface area contributed by atoms with Crippen LogP contribution in [-0.2, 0) is 6.42 Å². The first-order chi connectivity index (χ1) is 7.66. The van der Waals surface area contributed by atoms with Crippen molar-refractivity contribution in [2.24, 2.45) is 5.92 Å². The number of nitrogens with one attached hydrogen (secondary N) is 1. The maximum absolute atomic E-state index is 9.94. The molecule has 2 heteroatoms. The Balaban J connectivity index is 2.07. The van der Waals surface area contributed by atoms with Crippen LogP contribution in [0, 0.1) is 19.8 Å². The van der Waals surface area contributed by atoms with Gasteiger partial charge in [-0.25, -0.2) is 0 Å². The lowest BCUT2D eigenvalue weighted by molar-refractivity contribution is 0.0791. The summed E-state index contributed by atoms with van der Waals surface area (Å²) in [5.41, 5.74) is 4.03. The summed E-state index contributed by atoms with van der Waals surface area (Å²) in [6.45, 7) is 6.16. The van der Waals surface area contributed by atoms with Crippen molar-refractivity contribution in [1.29, 1.82) is 0 Å². The molecule has 2 atom stereocenters. The Bertz CT molecular complexity index is 362. The van der Waals surface area contributed by atoms with Crippen LogP contribution in [0.5, 0.6) is 0 Å².